The maximum Gasteiger partial charge on any atom is 0.101 e. The van der Waals surface area contributed by atoms with Gasteiger partial charge in [0.2, 0.25) is 0 Å². The van der Waals surface area contributed by atoms with Gasteiger partial charge in [-0.3, -0.25) is 0 Å². The molecule has 0 radical (unpaired) electrons. The van der Waals surface area contributed by atoms with Crippen LogP contribution < -0.4 is 5.32 Å². The SMILES string of the molecule is CCCCC[NH2+]Cc1ccc(C)cc1. The van der Waals surface area contributed by atoms with E-state index in [9.17, 15) is 0 Å². The predicted octanol–water partition coefficient (Wildman–Crippen LogP) is 2.25. The van der Waals surface area contributed by atoms with E-state index in [4.69, 9.17) is 0 Å². The fourth-order valence-corrected chi connectivity index (χ4v) is 1.53. The van der Waals surface area contributed by atoms with Gasteiger partial charge in [-0.2, -0.15) is 0 Å². The Labute approximate surface area is 87.5 Å². The molecule has 0 saturated carbocycles. The molecule has 0 saturated heterocycles. The maximum atomic E-state index is 2.40. The van der Waals surface area contributed by atoms with Gasteiger partial charge in [0, 0.05) is 5.56 Å². The number of aryl methyl sites for hydroxylation is 1. The van der Waals surface area contributed by atoms with Crippen molar-refractivity contribution < 1.29 is 5.32 Å². The highest BCUT2D eigenvalue weighted by Gasteiger charge is 1.94. The van der Waals surface area contributed by atoms with Crippen molar-refractivity contribution in [2.75, 3.05) is 6.54 Å². The lowest BCUT2D eigenvalue weighted by atomic mass is 10.1. The lowest BCUT2D eigenvalue weighted by molar-refractivity contribution is -0.671. The van der Waals surface area contributed by atoms with Crippen molar-refractivity contribution in [3.8, 4) is 0 Å². The molecule has 14 heavy (non-hydrogen) atoms. The quantitative estimate of drug-likeness (QED) is 0.666. The van der Waals surface area contributed by atoms with Crippen molar-refractivity contribution in [1.82, 2.24) is 0 Å². The third-order valence-corrected chi connectivity index (χ3v) is 2.51. The summed E-state index contributed by atoms with van der Waals surface area (Å²) in [6.45, 7) is 6.78. The summed E-state index contributed by atoms with van der Waals surface area (Å²) in [6.07, 6.45) is 4.03. The van der Waals surface area contributed by atoms with Crippen LogP contribution in [-0.2, 0) is 6.54 Å². The van der Waals surface area contributed by atoms with Crippen LogP contribution >= 0.6 is 0 Å². The fraction of sp³-hybridized carbons (Fsp3) is 0.538. The fourth-order valence-electron chi connectivity index (χ4n) is 1.53. The molecule has 0 unspecified atom stereocenters. The molecule has 0 aromatic heterocycles. The molecule has 78 valence electrons. The average Bonchev–Trinajstić information content (AvgIpc) is 2.21. The highest BCUT2D eigenvalue weighted by Crippen LogP contribution is 2.00. The number of quaternary nitrogens is 1. The Kier molecular flexibility index (Phi) is 5.31. The molecule has 2 N–H and O–H groups in total. The number of nitrogens with two attached hydrogens (primary N) is 1. The molecular formula is C13H22N+. The first-order valence-electron chi connectivity index (χ1n) is 5.70. The first-order valence-corrected chi connectivity index (χ1v) is 5.70. The van der Waals surface area contributed by atoms with Crippen molar-refractivity contribution in [3.05, 3.63) is 35.4 Å². The van der Waals surface area contributed by atoms with Crippen LogP contribution in [0.4, 0.5) is 0 Å². The Balaban J connectivity index is 2.15. The molecule has 0 amide bonds. The van der Waals surface area contributed by atoms with E-state index in [1.165, 1.54) is 36.9 Å². The van der Waals surface area contributed by atoms with Crippen molar-refractivity contribution in [1.29, 1.82) is 0 Å². The topological polar surface area (TPSA) is 16.6 Å². The maximum absolute atomic E-state index is 2.40. The summed E-state index contributed by atoms with van der Waals surface area (Å²) in [5.74, 6) is 0. The molecule has 1 aromatic carbocycles. The van der Waals surface area contributed by atoms with Crippen LogP contribution in [0.3, 0.4) is 0 Å². The molecule has 0 aliphatic carbocycles. The Bertz CT molecular complexity index is 238. The highest BCUT2D eigenvalue weighted by molar-refractivity contribution is 5.20. The number of hydrogen-bond donors (Lipinski definition) is 1. The van der Waals surface area contributed by atoms with E-state index in [0.717, 1.165) is 6.54 Å². The van der Waals surface area contributed by atoms with Gasteiger partial charge in [-0.05, 0) is 19.8 Å². The van der Waals surface area contributed by atoms with Crippen molar-refractivity contribution >= 4 is 0 Å². The summed E-state index contributed by atoms with van der Waals surface area (Å²) < 4.78 is 0. The molecule has 1 nitrogen and oxygen atoms in total. The summed E-state index contributed by atoms with van der Waals surface area (Å²) in [5.41, 5.74) is 2.78. The van der Waals surface area contributed by atoms with Crippen LogP contribution in [0.5, 0.6) is 0 Å². The second-order valence-electron chi connectivity index (χ2n) is 3.97. The van der Waals surface area contributed by atoms with Gasteiger partial charge in [-0.25, -0.2) is 0 Å². The van der Waals surface area contributed by atoms with E-state index in [2.05, 4.69) is 43.4 Å². The Hall–Kier alpha value is -0.820. The van der Waals surface area contributed by atoms with Crippen LogP contribution in [0, 0.1) is 6.92 Å². The molecule has 0 heterocycles. The van der Waals surface area contributed by atoms with Crippen LogP contribution in [0.1, 0.15) is 37.3 Å². The van der Waals surface area contributed by atoms with E-state index in [-0.39, 0.29) is 0 Å². The number of rotatable bonds is 6. The van der Waals surface area contributed by atoms with E-state index < -0.39 is 0 Å². The second-order valence-corrected chi connectivity index (χ2v) is 3.97. The van der Waals surface area contributed by atoms with Gasteiger partial charge in [0.1, 0.15) is 6.54 Å². The normalized spacial score (nSPS) is 10.4. The summed E-state index contributed by atoms with van der Waals surface area (Å²) >= 11 is 0. The van der Waals surface area contributed by atoms with Crippen LogP contribution in [0.2, 0.25) is 0 Å². The zero-order valence-corrected chi connectivity index (χ0v) is 9.42. The summed E-state index contributed by atoms with van der Waals surface area (Å²) in [4.78, 5) is 0. The number of hydrogen-bond acceptors (Lipinski definition) is 0. The average molecular weight is 192 g/mol. The molecule has 0 atom stereocenters. The molecule has 1 rings (SSSR count). The zero-order valence-electron chi connectivity index (χ0n) is 9.42. The monoisotopic (exact) mass is 192 g/mol. The lowest BCUT2D eigenvalue weighted by Crippen LogP contribution is -2.82. The third kappa shape index (κ3) is 4.43. The number of unbranched alkanes of at least 4 members (excludes halogenated alkanes) is 2. The van der Waals surface area contributed by atoms with E-state index >= 15 is 0 Å². The molecule has 0 aliphatic rings. The summed E-state index contributed by atoms with van der Waals surface area (Å²) in [6, 6.07) is 8.84. The molecule has 0 bridgehead atoms. The molecule has 1 aromatic rings. The molecule has 1 heteroatoms. The van der Waals surface area contributed by atoms with Gasteiger partial charge >= 0.3 is 0 Å². The number of benzene rings is 1. The minimum absolute atomic E-state index is 1.13. The van der Waals surface area contributed by atoms with Crippen molar-refractivity contribution in [2.24, 2.45) is 0 Å². The first kappa shape index (κ1) is 11.3. The second kappa shape index (κ2) is 6.61. The van der Waals surface area contributed by atoms with E-state index in [0.29, 0.717) is 0 Å². The van der Waals surface area contributed by atoms with Gasteiger partial charge in [-0.15, -0.1) is 0 Å². The zero-order chi connectivity index (χ0) is 10.2. The predicted molar refractivity (Wildman–Crippen MR) is 61.2 cm³/mol. The van der Waals surface area contributed by atoms with Crippen LogP contribution in [-0.4, -0.2) is 6.54 Å². The van der Waals surface area contributed by atoms with Crippen LogP contribution in [0.15, 0.2) is 24.3 Å². The van der Waals surface area contributed by atoms with Gasteiger partial charge < -0.3 is 5.32 Å². The van der Waals surface area contributed by atoms with Crippen LogP contribution in [0.25, 0.3) is 0 Å². The summed E-state index contributed by atoms with van der Waals surface area (Å²) in [5, 5.41) is 2.40. The standard InChI is InChI=1S/C13H21N/c1-3-4-5-10-14-11-13-8-6-12(2)7-9-13/h6-9,14H,3-5,10-11H2,1-2H3/p+1. The van der Waals surface area contributed by atoms with Gasteiger partial charge in [-0.1, -0.05) is 43.2 Å². The molecule has 0 aliphatic heterocycles. The largest absolute Gasteiger partial charge is 0.343 e. The van der Waals surface area contributed by atoms with E-state index in [1.807, 2.05) is 0 Å². The third-order valence-electron chi connectivity index (χ3n) is 2.51. The molecule has 0 fully saturated rings. The van der Waals surface area contributed by atoms with Crippen molar-refractivity contribution in [3.63, 3.8) is 0 Å². The van der Waals surface area contributed by atoms with Gasteiger partial charge in [0.15, 0.2) is 0 Å². The van der Waals surface area contributed by atoms with Gasteiger partial charge in [0.25, 0.3) is 0 Å². The molecule has 0 spiro atoms. The summed E-state index contributed by atoms with van der Waals surface area (Å²) in [7, 11) is 0. The molecular weight excluding hydrogens is 170 g/mol. The lowest BCUT2D eigenvalue weighted by Gasteiger charge is -2.01. The minimum Gasteiger partial charge on any atom is -0.343 e. The van der Waals surface area contributed by atoms with Gasteiger partial charge in [0.05, 0.1) is 6.54 Å². The Morgan fingerprint density at radius 1 is 1.07 bits per heavy atom. The smallest absolute Gasteiger partial charge is 0.101 e. The first-order chi connectivity index (χ1) is 6.83. The van der Waals surface area contributed by atoms with Crippen molar-refractivity contribution in [2.45, 2.75) is 39.7 Å². The Morgan fingerprint density at radius 3 is 2.43 bits per heavy atom. The minimum atomic E-state index is 1.13. The van der Waals surface area contributed by atoms with E-state index in [1.54, 1.807) is 0 Å². The Morgan fingerprint density at radius 2 is 1.79 bits per heavy atom. The highest BCUT2D eigenvalue weighted by atomic mass is 14.8.